The smallest absolute Gasteiger partial charge is 0.129 e. The van der Waals surface area contributed by atoms with Crippen molar-refractivity contribution in [2.75, 3.05) is 18.5 Å². The van der Waals surface area contributed by atoms with E-state index in [1.807, 2.05) is 37.4 Å². The summed E-state index contributed by atoms with van der Waals surface area (Å²) < 4.78 is 0. The molecule has 2 aromatic rings. The third-order valence-electron chi connectivity index (χ3n) is 2.96. The van der Waals surface area contributed by atoms with Crippen molar-refractivity contribution in [1.29, 1.82) is 0 Å². The number of anilines is 1. The van der Waals surface area contributed by atoms with Crippen LogP contribution >= 0.6 is 11.6 Å². The van der Waals surface area contributed by atoms with E-state index in [1.54, 1.807) is 6.20 Å². The van der Waals surface area contributed by atoms with Crippen LogP contribution in [0.15, 0.2) is 36.5 Å². The molecule has 106 valence electrons. The molecule has 0 unspecified atom stereocenters. The molecule has 0 bridgehead atoms. The summed E-state index contributed by atoms with van der Waals surface area (Å²) in [5, 5.41) is 3.94. The average Bonchev–Trinajstić information content (AvgIpc) is 2.47. The molecule has 0 aliphatic heterocycles. The fourth-order valence-electron chi connectivity index (χ4n) is 1.87. The second-order valence-corrected chi connectivity index (χ2v) is 4.96. The first-order valence-corrected chi connectivity index (χ1v) is 7.05. The van der Waals surface area contributed by atoms with Crippen molar-refractivity contribution < 1.29 is 0 Å². The second kappa shape index (κ2) is 7.22. The van der Waals surface area contributed by atoms with Gasteiger partial charge < -0.3 is 10.2 Å². The zero-order valence-corrected chi connectivity index (χ0v) is 12.6. The molecule has 0 spiro atoms. The number of nitrogens with zero attached hydrogens (tertiary/aromatic N) is 3. The van der Waals surface area contributed by atoms with Gasteiger partial charge in [0.25, 0.3) is 0 Å². The van der Waals surface area contributed by atoms with E-state index in [9.17, 15) is 0 Å². The largest absolute Gasteiger partial charge is 0.354 e. The van der Waals surface area contributed by atoms with Crippen molar-refractivity contribution in [2.24, 2.45) is 0 Å². The lowest BCUT2D eigenvalue weighted by atomic mass is 10.3. The number of pyridine rings is 2. The van der Waals surface area contributed by atoms with Gasteiger partial charge in [-0.25, -0.2) is 4.98 Å². The Morgan fingerprint density at radius 2 is 2.10 bits per heavy atom. The molecule has 0 radical (unpaired) electrons. The van der Waals surface area contributed by atoms with E-state index in [-0.39, 0.29) is 0 Å². The minimum atomic E-state index is 0.681. The number of hydrogen-bond donors (Lipinski definition) is 1. The third-order valence-corrected chi connectivity index (χ3v) is 3.31. The molecule has 2 heterocycles. The van der Waals surface area contributed by atoms with E-state index >= 15 is 0 Å². The topological polar surface area (TPSA) is 41.1 Å². The first kappa shape index (κ1) is 14.8. The van der Waals surface area contributed by atoms with E-state index in [0.717, 1.165) is 30.3 Å². The summed E-state index contributed by atoms with van der Waals surface area (Å²) in [5.74, 6) is 0.896. The Bertz CT molecular complexity index is 545. The summed E-state index contributed by atoms with van der Waals surface area (Å²) in [7, 11) is 2.00. The monoisotopic (exact) mass is 290 g/mol. The molecule has 0 aliphatic carbocycles. The maximum absolute atomic E-state index is 6.16. The molecule has 4 nitrogen and oxygen atoms in total. The molecular formula is C15H19ClN4. The molecule has 0 atom stereocenters. The van der Waals surface area contributed by atoms with Gasteiger partial charge in [0, 0.05) is 19.8 Å². The molecule has 2 aromatic heterocycles. The van der Waals surface area contributed by atoms with Crippen molar-refractivity contribution in [2.45, 2.75) is 20.0 Å². The highest BCUT2D eigenvalue weighted by atomic mass is 35.5. The minimum Gasteiger partial charge on any atom is -0.354 e. The van der Waals surface area contributed by atoms with Gasteiger partial charge in [-0.15, -0.1) is 0 Å². The molecule has 0 aromatic carbocycles. The van der Waals surface area contributed by atoms with Gasteiger partial charge >= 0.3 is 0 Å². The molecule has 0 saturated carbocycles. The van der Waals surface area contributed by atoms with E-state index in [1.165, 1.54) is 0 Å². The van der Waals surface area contributed by atoms with Crippen molar-refractivity contribution in [3.8, 4) is 0 Å². The maximum atomic E-state index is 6.16. The highest BCUT2D eigenvalue weighted by Crippen LogP contribution is 2.19. The van der Waals surface area contributed by atoms with Gasteiger partial charge in [-0.3, -0.25) is 4.98 Å². The van der Waals surface area contributed by atoms with Crippen LogP contribution in [0.25, 0.3) is 0 Å². The van der Waals surface area contributed by atoms with Crippen LogP contribution < -0.4 is 10.2 Å². The van der Waals surface area contributed by atoms with E-state index in [0.29, 0.717) is 11.6 Å². The lowest BCUT2D eigenvalue weighted by Crippen LogP contribution is -2.20. The molecule has 0 saturated heterocycles. The Morgan fingerprint density at radius 3 is 2.80 bits per heavy atom. The van der Waals surface area contributed by atoms with Crippen LogP contribution in [0.1, 0.15) is 18.3 Å². The normalized spacial score (nSPS) is 10.6. The standard InChI is InChI=1S/C15H19ClN4/c1-3-17-10-14-13(16)7-8-15(19-14)20(2)11-12-6-4-5-9-18-12/h4-9,17H,3,10-11H2,1-2H3. The van der Waals surface area contributed by atoms with Gasteiger partial charge in [0.2, 0.25) is 0 Å². The maximum Gasteiger partial charge on any atom is 0.129 e. The van der Waals surface area contributed by atoms with Crippen LogP contribution in [0.4, 0.5) is 5.82 Å². The lowest BCUT2D eigenvalue weighted by molar-refractivity contribution is 0.708. The Kier molecular flexibility index (Phi) is 5.32. The summed E-state index contributed by atoms with van der Waals surface area (Å²) in [6.07, 6.45) is 1.80. The van der Waals surface area contributed by atoms with E-state index in [2.05, 4.69) is 27.1 Å². The Morgan fingerprint density at radius 1 is 1.25 bits per heavy atom. The fourth-order valence-corrected chi connectivity index (χ4v) is 2.04. The van der Waals surface area contributed by atoms with Crippen LogP contribution in [-0.4, -0.2) is 23.6 Å². The van der Waals surface area contributed by atoms with Crippen molar-refractivity contribution in [1.82, 2.24) is 15.3 Å². The first-order valence-electron chi connectivity index (χ1n) is 6.68. The minimum absolute atomic E-state index is 0.681. The zero-order chi connectivity index (χ0) is 14.4. The Labute approximate surface area is 124 Å². The molecule has 5 heteroatoms. The van der Waals surface area contributed by atoms with Crippen LogP contribution in [0.5, 0.6) is 0 Å². The van der Waals surface area contributed by atoms with Crippen molar-refractivity contribution >= 4 is 17.4 Å². The third kappa shape index (κ3) is 3.92. The van der Waals surface area contributed by atoms with Gasteiger partial charge in [-0.2, -0.15) is 0 Å². The first-order chi connectivity index (χ1) is 9.70. The van der Waals surface area contributed by atoms with Crippen molar-refractivity contribution in [3.05, 3.63) is 52.9 Å². The van der Waals surface area contributed by atoms with Gasteiger partial charge in [0.15, 0.2) is 0 Å². The quantitative estimate of drug-likeness (QED) is 0.888. The second-order valence-electron chi connectivity index (χ2n) is 4.56. The summed E-state index contributed by atoms with van der Waals surface area (Å²) in [5.41, 5.74) is 1.89. The highest BCUT2D eigenvalue weighted by molar-refractivity contribution is 6.31. The lowest BCUT2D eigenvalue weighted by Gasteiger charge is -2.19. The summed E-state index contributed by atoms with van der Waals surface area (Å²) in [6, 6.07) is 9.73. The van der Waals surface area contributed by atoms with Crippen LogP contribution in [-0.2, 0) is 13.1 Å². The van der Waals surface area contributed by atoms with Crippen molar-refractivity contribution in [3.63, 3.8) is 0 Å². The summed E-state index contributed by atoms with van der Waals surface area (Å²) >= 11 is 6.16. The van der Waals surface area contributed by atoms with Crippen LogP contribution in [0.2, 0.25) is 5.02 Å². The average molecular weight is 291 g/mol. The summed E-state index contributed by atoms with van der Waals surface area (Å²) in [6.45, 7) is 4.35. The Balaban J connectivity index is 2.11. The number of rotatable bonds is 6. The molecule has 2 rings (SSSR count). The molecule has 1 N–H and O–H groups in total. The van der Waals surface area contributed by atoms with Gasteiger partial charge in [-0.05, 0) is 30.8 Å². The Hall–Kier alpha value is -1.65. The number of hydrogen-bond acceptors (Lipinski definition) is 4. The highest BCUT2D eigenvalue weighted by Gasteiger charge is 2.08. The van der Waals surface area contributed by atoms with Gasteiger partial charge in [0.1, 0.15) is 5.82 Å². The number of aromatic nitrogens is 2. The van der Waals surface area contributed by atoms with E-state index in [4.69, 9.17) is 11.6 Å². The van der Waals surface area contributed by atoms with Gasteiger partial charge in [0.05, 0.1) is 23.0 Å². The fraction of sp³-hybridized carbons (Fsp3) is 0.333. The number of halogens is 1. The predicted octanol–water partition coefficient (Wildman–Crippen LogP) is 2.88. The molecule has 0 aliphatic rings. The van der Waals surface area contributed by atoms with Crippen LogP contribution in [0, 0.1) is 0 Å². The summed E-state index contributed by atoms with van der Waals surface area (Å²) in [4.78, 5) is 11.0. The van der Waals surface area contributed by atoms with Crippen LogP contribution in [0.3, 0.4) is 0 Å². The molecule has 0 amide bonds. The SMILES string of the molecule is CCNCc1nc(N(C)Cc2ccccn2)ccc1Cl. The number of nitrogens with one attached hydrogen (secondary N) is 1. The predicted molar refractivity (Wildman–Crippen MR) is 83.0 cm³/mol. The zero-order valence-electron chi connectivity index (χ0n) is 11.8. The van der Waals surface area contributed by atoms with Gasteiger partial charge in [-0.1, -0.05) is 24.6 Å². The molecule has 20 heavy (non-hydrogen) atoms. The van der Waals surface area contributed by atoms with E-state index < -0.39 is 0 Å². The molecular weight excluding hydrogens is 272 g/mol. The molecule has 0 fully saturated rings.